The molecule has 2 fully saturated rings. The van der Waals surface area contributed by atoms with Gasteiger partial charge in [-0.25, -0.2) is 18.6 Å². The monoisotopic (exact) mass is 688 g/mol. The quantitative estimate of drug-likeness (QED) is 0.206. The zero-order valence-electron chi connectivity index (χ0n) is 28.7. The van der Waals surface area contributed by atoms with Crippen LogP contribution in [0.5, 0.6) is 5.75 Å². The van der Waals surface area contributed by atoms with E-state index in [4.69, 9.17) is 14.2 Å². The standard InChI is InChI=1S/C32H35F2N5O4.C4H7N3/c1-3-22(2)38-21-35-39(32(38)40)26-7-5-24(6-8-26)36-14-16-37(17-15-36)25-9-11-27(12-10-25)41-19-28-20-42-31(43-28)29-13-4-23(33)18-30(29)34;1-4-5-3-7(2)6-4/h4-13,18,21-22,28,31H,3,14-17,19-20H2,1-2H3;3H,1-2H3/t22?,28-,31-;/m1./s1. The second-order valence-corrected chi connectivity index (χ2v) is 12.3. The number of halogens is 2. The summed E-state index contributed by atoms with van der Waals surface area (Å²) in [6.07, 6.45) is 2.91. The maximum Gasteiger partial charge on any atom is 0.350 e. The molecule has 0 aliphatic carbocycles. The summed E-state index contributed by atoms with van der Waals surface area (Å²) in [6, 6.07) is 19.4. The van der Waals surface area contributed by atoms with Gasteiger partial charge in [0.15, 0.2) is 6.29 Å². The highest BCUT2D eigenvalue weighted by Gasteiger charge is 2.30. The number of hydrogen-bond acceptors (Lipinski definition) is 9. The van der Waals surface area contributed by atoms with Crippen molar-refractivity contribution in [2.24, 2.45) is 7.05 Å². The Morgan fingerprint density at radius 3 is 2.12 bits per heavy atom. The predicted octanol–water partition coefficient (Wildman–Crippen LogP) is 5.23. The number of anilines is 2. The summed E-state index contributed by atoms with van der Waals surface area (Å²) >= 11 is 0. The van der Waals surface area contributed by atoms with E-state index < -0.39 is 17.9 Å². The zero-order valence-corrected chi connectivity index (χ0v) is 28.7. The molecule has 3 atom stereocenters. The molecule has 2 aliphatic heterocycles. The van der Waals surface area contributed by atoms with Gasteiger partial charge in [0.25, 0.3) is 0 Å². The minimum absolute atomic E-state index is 0.110. The van der Waals surface area contributed by atoms with Crippen molar-refractivity contribution in [2.75, 3.05) is 49.2 Å². The van der Waals surface area contributed by atoms with Gasteiger partial charge in [-0.05, 0) is 80.9 Å². The number of nitrogens with zero attached hydrogens (tertiary/aromatic N) is 8. The Bertz CT molecular complexity index is 1890. The molecule has 264 valence electrons. The number of ether oxygens (including phenoxy) is 3. The summed E-state index contributed by atoms with van der Waals surface area (Å²) in [4.78, 5) is 21.3. The normalized spacial score (nSPS) is 18.1. The third kappa shape index (κ3) is 8.20. The molecule has 12 nitrogen and oxygen atoms in total. The van der Waals surface area contributed by atoms with Crippen molar-refractivity contribution in [3.05, 3.63) is 113 Å². The van der Waals surface area contributed by atoms with Crippen LogP contribution < -0.4 is 20.2 Å². The van der Waals surface area contributed by atoms with Crippen LogP contribution in [0, 0.1) is 18.6 Å². The average molecular weight is 689 g/mol. The third-order valence-electron chi connectivity index (χ3n) is 8.82. The minimum Gasteiger partial charge on any atom is -0.491 e. The van der Waals surface area contributed by atoms with Crippen molar-refractivity contribution in [2.45, 2.75) is 45.6 Å². The highest BCUT2D eigenvalue weighted by Crippen LogP contribution is 2.30. The van der Waals surface area contributed by atoms with Crippen molar-refractivity contribution in [3.8, 4) is 11.4 Å². The first-order valence-corrected chi connectivity index (χ1v) is 16.7. The third-order valence-corrected chi connectivity index (χ3v) is 8.82. The van der Waals surface area contributed by atoms with E-state index in [0.29, 0.717) is 5.75 Å². The molecule has 50 heavy (non-hydrogen) atoms. The maximum atomic E-state index is 14.0. The largest absolute Gasteiger partial charge is 0.491 e. The summed E-state index contributed by atoms with van der Waals surface area (Å²) in [5.74, 6) is 0.189. The van der Waals surface area contributed by atoms with Crippen molar-refractivity contribution < 1.29 is 23.0 Å². The first kappa shape index (κ1) is 34.8. The van der Waals surface area contributed by atoms with Gasteiger partial charge in [0.1, 0.15) is 48.6 Å². The Morgan fingerprint density at radius 2 is 1.56 bits per heavy atom. The lowest BCUT2D eigenvalue weighted by Gasteiger charge is -2.37. The van der Waals surface area contributed by atoms with Crippen molar-refractivity contribution >= 4 is 11.4 Å². The summed E-state index contributed by atoms with van der Waals surface area (Å²) in [7, 11) is 1.85. The molecule has 0 saturated carbocycles. The molecule has 3 aromatic carbocycles. The van der Waals surface area contributed by atoms with E-state index in [1.165, 1.54) is 16.8 Å². The SMILES string of the molecule is CCC(C)n1cnn(-c2ccc(N3CCN(c4ccc(OC[C@@H]5CO[C@@H](c6ccc(F)cc6F)O5)cc4)CC3)cc2)c1=O.Cc1ncn(C)n1. The average Bonchev–Trinajstić information content (AvgIpc) is 3.87. The Morgan fingerprint density at radius 1 is 0.920 bits per heavy atom. The number of rotatable bonds is 9. The van der Waals surface area contributed by atoms with E-state index in [-0.39, 0.29) is 36.6 Å². The van der Waals surface area contributed by atoms with Gasteiger partial charge in [-0.1, -0.05) is 6.92 Å². The smallest absolute Gasteiger partial charge is 0.350 e. The molecule has 14 heteroatoms. The van der Waals surface area contributed by atoms with Gasteiger partial charge in [-0.3, -0.25) is 9.25 Å². The number of piperazine rings is 1. The molecule has 2 aromatic heterocycles. The Hall–Kier alpha value is -5.08. The van der Waals surface area contributed by atoms with Crippen molar-refractivity contribution in [1.82, 2.24) is 29.1 Å². The molecule has 2 saturated heterocycles. The van der Waals surface area contributed by atoms with Crippen molar-refractivity contribution in [3.63, 3.8) is 0 Å². The molecule has 7 rings (SSSR count). The van der Waals surface area contributed by atoms with Gasteiger partial charge < -0.3 is 24.0 Å². The number of aromatic nitrogens is 6. The van der Waals surface area contributed by atoms with Crippen LogP contribution in [0.1, 0.15) is 44.0 Å². The number of hydrogen-bond donors (Lipinski definition) is 0. The van der Waals surface area contributed by atoms with Crippen LogP contribution in [-0.2, 0) is 16.5 Å². The first-order chi connectivity index (χ1) is 24.2. The Labute approximate surface area is 289 Å². The Kier molecular flexibility index (Phi) is 10.9. The van der Waals surface area contributed by atoms with Crippen LogP contribution in [0.3, 0.4) is 0 Å². The van der Waals surface area contributed by atoms with E-state index in [0.717, 1.165) is 61.6 Å². The van der Waals surface area contributed by atoms with Crippen LogP contribution in [0.4, 0.5) is 20.2 Å². The summed E-state index contributed by atoms with van der Waals surface area (Å²) < 4.78 is 49.2. The van der Waals surface area contributed by atoms with E-state index in [1.54, 1.807) is 21.9 Å². The molecular formula is C36H42F2N8O4. The Balaban J connectivity index is 0.000000552. The van der Waals surface area contributed by atoms with Crippen LogP contribution in [0.15, 0.2) is 84.2 Å². The molecule has 5 aromatic rings. The molecule has 0 bridgehead atoms. The van der Waals surface area contributed by atoms with Crippen LogP contribution in [-0.4, -0.2) is 74.6 Å². The lowest BCUT2D eigenvalue weighted by Crippen LogP contribution is -2.46. The van der Waals surface area contributed by atoms with Crippen LogP contribution in [0.2, 0.25) is 0 Å². The fourth-order valence-corrected chi connectivity index (χ4v) is 5.80. The van der Waals surface area contributed by atoms with E-state index in [9.17, 15) is 13.6 Å². The molecular weight excluding hydrogens is 646 g/mol. The second kappa shape index (κ2) is 15.6. The molecule has 0 radical (unpaired) electrons. The van der Waals surface area contributed by atoms with E-state index in [1.807, 2.05) is 69.4 Å². The highest BCUT2D eigenvalue weighted by atomic mass is 19.1. The predicted molar refractivity (Wildman–Crippen MR) is 185 cm³/mol. The topological polar surface area (TPSA) is 105 Å². The molecule has 0 amide bonds. The summed E-state index contributed by atoms with van der Waals surface area (Å²) in [6.45, 7) is 9.92. The summed E-state index contributed by atoms with van der Waals surface area (Å²) in [5.41, 5.74) is 3.03. The highest BCUT2D eigenvalue weighted by molar-refractivity contribution is 5.54. The lowest BCUT2D eigenvalue weighted by molar-refractivity contribution is -0.0680. The molecule has 4 heterocycles. The van der Waals surface area contributed by atoms with Gasteiger partial charge in [0.05, 0.1) is 12.3 Å². The molecule has 1 unspecified atom stereocenters. The van der Waals surface area contributed by atoms with Gasteiger partial charge in [0, 0.05) is 62.3 Å². The van der Waals surface area contributed by atoms with Crippen LogP contribution in [0.25, 0.3) is 5.69 Å². The zero-order chi connectivity index (χ0) is 35.2. The number of aryl methyl sites for hydroxylation is 2. The van der Waals surface area contributed by atoms with E-state index in [2.05, 4.69) is 31.9 Å². The first-order valence-electron chi connectivity index (χ1n) is 16.7. The molecule has 2 aliphatic rings. The van der Waals surface area contributed by atoms with Gasteiger partial charge >= 0.3 is 5.69 Å². The lowest BCUT2D eigenvalue weighted by atomic mass is 10.2. The second-order valence-electron chi connectivity index (χ2n) is 12.3. The van der Waals surface area contributed by atoms with Crippen LogP contribution >= 0.6 is 0 Å². The minimum atomic E-state index is -0.878. The fourth-order valence-electron chi connectivity index (χ4n) is 5.80. The van der Waals surface area contributed by atoms with E-state index >= 15 is 0 Å². The fraction of sp³-hybridized carbons (Fsp3) is 0.389. The van der Waals surface area contributed by atoms with Gasteiger partial charge in [-0.15, -0.1) is 0 Å². The van der Waals surface area contributed by atoms with Gasteiger partial charge in [-0.2, -0.15) is 14.9 Å². The molecule has 0 N–H and O–H groups in total. The van der Waals surface area contributed by atoms with Crippen molar-refractivity contribution in [1.29, 1.82) is 0 Å². The maximum absolute atomic E-state index is 14.0. The van der Waals surface area contributed by atoms with Gasteiger partial charge in [0.2, 0.25) is 0 Å². The number of benzene rings is 3. The molecule has 0 spiro atoms. The summed E-state index contributed by atoms with van der Waals surface area (Å²) in [5, 5.41) is 8.22.